The SMILES string of the molecule is CNCc1ccccc1S(=O)(=O)NCC(C)CSC. The van der Waals surface area contributed by atoms with Gasteiger partial charge in [-0.3, -0.25) is 0 Å². The molecule has 0 heterocycles. The maximum atomic E-state index is 12.3. The normalized spacial score (nSPS) is 13.4. The maximum Gasteiger partial charge on any atom is 0.240 e. The molecule has 0 amide bonds. The van der Waals surface area contributed by atoms with Gasteiger partial charge in [0.15, 0.2) is 0 Å². The molecule has 19 heavy (non-hydrogen) atoms. The Labute approximate surface area is 120 Å². The van der Waals surface area contributed by atoms with E-state index in [0.717, 1.165) is 11.3 Å². The van der Waals surface area contributed by atoms with Crippen molar-refractivity contribution in [3.63, 3.8) is 0 Å². The average Bonchev–Trinajstić information content (AvgIpc) is 2.38. The van der Waals surface area contributed by atoms with Gasteiger partial charge in [-0.05, 0) is 36.6 Å². The van der Waals surface area contributed by atoms with Gasteiger partial charge in [-0.1, -0.05) is 25.1 Å². The third-order valence-electron chi connectivity index (χ3n) is 2.70. The molecule has 108 valence electrons. The summed E-state index contributed by atoms with van der Waals surface area (Å²) < 4.78 is 27.3. The number of benzene rings is 1. The fraction of sp³-hybridized carbons (Fsp3) is 0.538. The third kappa shape index (κ3) is 5.14. The summed E-state index contributed by atoms with van der Waals surface area (Å²) in [6, 6.07) is 7.08. The second kappa shape index (κ2) is 7.89. The third-order valence-corrected chi connectivity index (χ3v) is 5.13. The maximum absolute atomic E-state index is 12.3. The van der Waals surface area contributed by atoms with Gasteiger partial charge < -0.3 is 5.32 Å². The molecule has 1 aromatic rings. The predicted molar refractivity (Wildman–Crippen MR) is 81.9 cm³/mol. The molecule has 4 nitrogen and oxygen atoms in total. The summed E-state index contributed by atoms with van der Waals surface area (Å²) in [5.41, 5.74) is 0.787. The highest BCUT2D eigenvalue weighted by molar-refractivity contribution is 7.98. The van der Waals surface area contributed by atoms with Crippen molar-refractivity contribution in [2.24, 2.45) is 5.92 Å². The Morgan fingerprint density at radius 2 is 2.00 bits per heavy atom. The first-order valence-corrected chi connectivity index (χ1v) is 9.10. The van der Waals surface area contributed by atoms with E-state index in [9.17, 15) is 8.42 Å². The van der Waals surface area contributed by atoms with Crippen molar-refractivity contribution in [3.05, 3.63) is 29.8 Å². The van der Waals surface area contributed by atoms with Crippen molar-refractivity contribution in [2.45, 2.75) is 18.4 Å². The van der Waals surface area contributed by atoms with E-state index in [1.807, 2.05) is 25.3 Å². The summed E-state index contributed by atoms with van der Waals surface area (Å²) in [4.78, 5) is 0.362. The minimum atomic E-state index is -3.43. The highest BCUT2D eigenvalue weighted by Gasteiger charge is 2.18. The van der Waals surface area contributed by atoms with Crippen LogP contribution in [0.15, 0.2) is 29.2 Å². The largest absolute Gasteiger partial charge is 0.316 e. The molecule has 0 aliphatic heterocycles. The van der Waals surface area contributed by atoms with E-state index in [1.165, 1.54) is 0 Å². The summed E-state index contributed by atoms with van der Waals surface area (Å²) >= 11 is 1.72. The molecular weight excluding hydrogens is 280 g/mol. The van der Waals surface area contributed by atoms with Crippen molar-refractivity contribution in [1.29, 1.82) is 0 Å². The van der Waals surface area contributed by atoms with Crippen LogP contribution in [0, 0.1) is 5.92 Å². The van der Waals surface area contributed by atoms with Crippen LogP contribution in [-0.4, -0.2) is 34.0 Å². The molecule has 1 aromatic carbocycles. The van der Waals surface area contributed by atoms with Crippen molar-refractivity contribution in [1.82, 2.24) is 10.0 Å². The summed E-state index contributed by atoms with van der Waals surface area (Å²) in [6.45, 7) is 3.05. The molecule has 0 aliphatic rings. The van der Waals surface area contributed by atoms with Gasteiger partial charge in [-0.15, -0.1) is 0 Å². The average molecular weight is 302 g/mol. The van der Waals surface area contributed by atoms with Crippen LogP contribution in [0.5, 0.6) is 0 Å². The lowest BCUT2D eigenvalue weighted by Gasteiger charge is -2.14. The van der Waals surface area contributed by atoms with Gasteiger partial charge in [0.25, 0.3) is 0 Å². The van der Waals surface area contributed by atoms with E-state index >= 15 is 0 Å². The van der Waals surface area contributed by atoms with Crippen molar-refractivity contribution >= 4 is 21.8 Å². The highest BCUT2D eigenvalue weighted by atomic mass is 32.2. The molecule has 0 spiro atoms. The Morgan fingerprint density at radius 1 is 1.32 bits per heavy atom. The van der Waals surface area contributed by atoms with Crippen LogP contribution >= 0.6 is 11.8 Å². The highest BCUT2D eigenvalue weighted by Crippen LogP contribution is 2.15. The van der Waals surface area contributed by atoms with Crippen LogP contribution in [-0.2, 0) is 16.6 Å². The second-order valence-electron chi connectivity index (χ2n) is 4.55. The van der Waals surface area contributed by atoms with E-state index < -0.39 is 10.0 Å². The van der Waals surface area contributed by atoms with E-state index in [0.29, 0.717) is 23.9 Å². The van der Waals surface area contributed by atoms with E-state index in [4.69, 9.17) is 0 Å². The Morgan fingerprint density at radius 3 is 2.63 bits per heavy atom. The van der Waals surface area contributed by atoms with Gasteiger partial charge in [0.1, 0.15) is 0 Å². The van der Waals surface area contributed by atoms with Gasteiger partial charge in [-0.25, -0.2) is 13.1 Å². The minimum Gasteiger partial charge on any atom is -0.316 e. The van der Waals surface area contributed by atoms with Gasteiger partial charge in [0.05, 0.1) is 4.90 Å². The van der Waals surface area contributed by atoms with Gasteiger partial charge in [0.2, 0.25) is 10.0 Å². The standard InChI is InChI=1S/C13H22N2O2S2/c1-11(10-18-3)8-15-19(16,17)13-7-5-4-6-12(13)9-14-2/h4-7,11,14-15H,8-10H2,1-3H3. The molecule has 0 saturated carbocycles. The number of hydrogen-bond donors (Lipinski definition) is 2. The summed E-state index contributed by atoms with van der Waals surface area (Å²) in [5.74, 6) is 1.27. The molecule has 0 aromatic heterocycles. The fourth-order valence-corrected chi connectivity index (χ4v) is 3.87. The molecule has 0 fully saturated rings. The Bertz CT molecular complexity index is 489. The predicted octanol–water partition coefficient (Wildman–Crippen LogP) is 1.68. The molecule has 1 rings (SSSR count). The summed E-state index contributed by atoms with van der Waals surface area (Å²) in [6.07, 6.45) is 2.02. The van der Waals surface area contributed by atoms with E-state index in [1.54, 1.807) is 30.9 Å². The molecule has 2 N–H and O–H groups in total. The Kier molecular flexibility index (Phi) is 6.85. The lowest BCUT2D eigenvalue weighted by molar-refractivity contribution is 0.561. The molecule has 0 saturated heterocycles. The second-order valence-corrected chi connectivity index (χ2v) is 7.20. The van der Waals surface area contributed by atoms with Gasteiger partial charge >= 0.3 is 0 Å². The number of hydrogen-bond acceptors (Lipinski definition) is 4. The van der Waals surface area contributed by atoms with Gasteiger partial charge in [0, 0.05) is 13.1 Å². The topological polar surface area (TPSA) is 58.2 Å². The fourth-order valence-electron chi connectivity index (χ4n) is 1.78. The molecule has 6 heteroatoms. The minimum absolute atomic E-state index is 0.321. The quantitative estimate of drug-likeness (QED) is 0.767. The zero-order valence-corrected chi connectivity index (χ0v) is 13.3. The van der Waals surface area contributed by atoms with Crippen LogP contribution in [0.2, 0.25) is 0 Å². The zero-order chi connectivity index (χ0) is 14.3. The first-order valence-electron chi connectivity index (χ1n) is 6.22. The van der Waals surface area contributed by atoms with Crippen LogP contribution in [0.25, 0.3) is 0 Å². The van der Waals surface area contributed by atoms with Crippen LogP contribution in [0.4, 0.5) is 0 Å². The number of thioether (sulfide) groups is 1. The van der Waals surface area contributed by atoms with Gasteiger partial charge in [-0.2, -0.15) is 11.8 Å². The Balaban J connectivity index is 2.82. The molecule has 1 atom stereocenters. The van der Waals surface area contributed by atoms with Crippen molar-refractivity contribution in [2.75, 3.05) is 25.6 Å². The molecular formula is C13H22N2O2S2. The molecule has 1 unspecified atom stereocenters. The number of sulfonamides is 1. The summed E-state index contributed by atoms with van der Waals surface area (Å²) in [7, 11) is -1.62. The molecule has 0 aliphatic carbocycles. The smallest absolute Gasteiger partial charge is 0.240 e. The van der Waals surface area contributed by atoms with E-state index in [-0.39, 0.29) is 0 Å². The van der Waals surface area contributed by atoms with Crippen LogP contribution in [0.1, 0.15) is 12.5 Å². The van der Waals surface area contributed by atoms with Crippen molar-refractivity contribution < 1.29 is 8.42 Å². The Hall–Kier alpha value is -0.560. The molecule has 0 radical (unpaired) electrons. The lowest BCUT2D eigenvalue weighted by Crippen LogP contribution is -2.30. The lowest BCUT2D eigenvalue weighted by atomic mass is 10.2. The first kappa shape index (κ1) is 16.5. The van der Waals surface area contributed by atoms with Crippen LogP contribution < -0.4 is 10.0 Å². The monoisotopic (exact) mass is 302 g/mol. The first-order chi connectivity index (χ1) is 9.01. The zero-order valence-electron chi connectivity index (χ0n) is 11.6. The molecule has 0 bridgehead atoms. The van der Waals surface area contributed by atoms with E-state index in [2.05, 4.69) is 10.0 Å². The van der Waals surface area contributed by atoms with Crippen molar-refractivity contribution in [3.8, 4) is 0 Å². The summed E-state index contributed by atoms with van der Waals surface area (Å²) in [5, 5.41) is 2.99. The number of rotatable bonds is 8. The number of nitrogens with one attached hydrogen (secondary N) is 2. The van der Waals surface area contributed by atoms with Crippen LogP contribution in [0.3, 0.4) is 0 Å².